The molecule has 0 radical (unpaired) electrons. The minimum absolute atomic E-state index is 0.222. The summed E-state index contributed by atoms with van der Waals surface area (Å²) in [6.45, 7) is 7.37. The highest BCUT2D eigenvalue weighted by atomic mass is 16.6. The number of hydrogen-bond donors (Lipinski definition) is 1. The highest BCUT2D eigenvalue weighted by Gasteiger charge is 2.54. The van der Waals surface area contributed by atoms with E-state index in [9.17, 15) is 9.59 Å². The van der Waals surface area contributed by atoms with Crippen LogP contribution in [0, 0.1) is 0 Å². The van der Waals surface area contributed by atoms with Crippen LogP contribution in [0.2, 0.25) is 0 Å². The summed E-state index contributed by atoms with van der Waals surface area (Å²) in [5.41, 5.74) is -0.282. The Morgan fingerprint density at radius 3 is 2.73 bits per heavy atom. The van der Waals surface area contributed by atoms with Crippen molar-refractivity contribution in [2.24, 2.45) is 0 Å². The number of aromatic nitrogens is 4. The van der Waals surface area contributed by atoms with Crippen LogP contribution in [0.5, 0.6) is 0 Å². The number of anilines is 1. The molecule has 1 N–H and O–H groups in total. The Labute approximate surface area is 150 Å². The van der Waals surface area contributed by atoms with Crippen LogP contribution in [0.3, 0.4) is 0 Å². The normalized spacial score (nSPS) is 19.0. The maximum atomic E-state index is 12.5. The van der Waals surface area contributed by atoms with Gasteiger partial charge in [-0.25, -0.2) is 19.7 Å². The summed E-state index contributed by atoms with van der Waals surface area (Å²) < 4.78 is 5.55. The van der Waals surface area contributed by atoms with E-state index in [4.69, 9.17) is 4.74 Å². The number of H-pyrrole nitrogens is 1. The highest BCUT2D eigenvalue weighted by Crippen LogP contribution is 2.45. The fourth-order valence-corrected chi connectivity index (χ4v) is 3.33. The molecule has 4 rings (SSSR count). The number of nitrogens with zero attached hydrogens (tertiary/aromatic N) is 5. The van der Waals surface area contributed by atoms with Crippen molar-refractivity contribution in [3.63, 3.8) is 0 Å². The monoisotopic (exact) mass is 358 g/mol. The Morgan fingerprint density at radius 2 is 2.04 bits per heavy atom. The molecule has 1 amide bonds. The number of carbonyl (C=O) groups is 1. The van der Waals surface area contributed by atoms with Gasteiger partial charge in [0.2, 0.25) is 5.95 Å². The number of carbonyl (C=O) groups excluding carboxylic acids is 1. The Kier molecular flexibility index (Phi) is 3.64. The van der Waals surface area contributed by atoms with Crippen molar-refractivity contribution in [3.8, 4) is 0 Å². The van der Waals surface area contributed by atoms with Gasteiger partial charge in [-0.1, -0.05) is 0 Å². The van der Waals surface area contributed by atoms with Gasteiger partial charge >= 0.3 is 6.09 Å². The second kappa shape index (κ2) is 5.65. The first kappa shape index (κ1) is 16.7. The van der Waals surface area contributed by atoms with Crippen molar-refractivity contribution in [1.82, 2.24) is 24.8 Å². The van der Waals surface area contributed by atoms with Gasteiger partial charge in [0, 0.05) is 19.6 Å². The first-order valence-electron chi connectivity index (χ1n) is 8.73. The zero-order valence-electron chi connectivity index (χ0n) is 15.2. The van der Waals surface area contributed by atoms with Crippen molar-refractivity contribution < 1.29 is 9.53 Å². The lowest BCUT2D eigenvalue weighted by atomic mass is 10.1. The lowest BCUT2D eigenvalue weighted by molar-refractivity contribution is 0.0105. The molecule has 1 saturated heterocycles. The molecule has 26 heavy (non-hydrogen) atoms. The van der Waals surface area contributed by atoms with Crippen LogP contribution >= 0.6 is 0 Å². The molecule has 2 aromatic heterocycles. The van der Waals surface area contributed by atoms with E-state index < -0.39 is 5.60 Å². The summed E-state index contributed by atoms with van der Waals surface area (Å²) >= 11 is 0. The molecule has 0 atom stereocenters. The van der Waals surface area contributed by atoms with Crippen LogP contribution in [-0.4, -0.2) is 61.7 Å². The van der Waals surface area contributed by atoms with Crippen LogP contribution in [0.15, 0.2) is 17.3 Å². The Morgan fingerprint density at radius 1 is 1.27 bits per heavy atom. The third-order valence-electron chi connectivity index (χ3n) is 4.75. The summed E-state index contributed by atoms with van der Waals surface area (Å²) in [5, 5.41) is 0. The van der Waals surface area contributed by atoms with E-state index in [-0.39, 0.29) is 22.7 Å². The molecule has 9 nitrogen and oxygen atoms in total. The predicted octanol–water partition coefficient (Wildman–Crippen LogP) is 1.30. The topological polar surface area (TPSA) is 104 Å². The average molecular weight is 358 g/mol. The van der Waals surface area contributed by atoms with Crippen molar-refractivity contribution >= 4 is 23.1 Å². The summed E-state index contributed by atoms with van der Waals surface area (Å²) in [6.07, 6.45) is 4.49. The van der Waals surface area contributed by atoms with Gasteiger partial charge in [-0.3, -0.25) is 9.69 Å². The molecule has 9 heteroatoms. The number of piperazine rings is 1. The molecule has 2 aromatic rings. The van der Waals surface area contributed by atoms with E-state index in [0.29, 0.717) is 31.1 Å². The molecule has 1 spiro atoms. The fraction of sp³-hybridized carbons (Fsp3) is 0.588. The number of aromatic amines is 1. The van der Waals surface area contributed by atoms with E-state index in [0.717, 1.165) is 12.8 Å². The van der Waals surface area contributed by atoms with E-state index in [2.05, 4.69) is 19.9 Å². The Bertz CT molecular complexity index is 915. The third kappa shape index (κ3) is 2.97. The summed E-state index contributed by atoms with van der Waals surface area (Å²) in [6, 6.07) is 0. The molecule has 0 aromatic carbocycles. The van der Waals surface area contributed by atoms with Crippen molar-refractivity contribution in [1.29, 1.82) is 0 Å². The molecule has 2 aliphatic rings. The number of fused-ring (bicyclic) bond motifs is 1. The van der Waals surface area contributed by atoms with Crippen LogP contribution in [-0.2, 0) is 4.74 Å². The summed E-state index contributed by atoms with van der Waals surface area (Å²) in [5.74, 6) is 0.492. The first-order valence-corrected chi connectivity index (χ1v) is 8.73. The van der Waals surface area contributed by atoms with Gasteiger partial charge in [0.05, 0.1) is 18.1 Å². The second-order valence-electron chi connectivity index (χ2n) is 7.91. The van der Waals surface area contributed by atoms with Crippen molar-refractivity contribution in [3.05, 3.63) is 22.9 Å². The predicted molar refractivity (Wildman–Crippen MR) is 95.1 cm³/mol. The third-order valence-corrected chi connectivity index (χ3v) is 4.75. The van der Waals surface area contributed by atoms with Crippen molar-refractivity contribution in [2.75, 3.05) is 24.5 Å². The van der Waals surface area contributed by atoms with E-state index in [1.165, 1.54) is 6.33 Å². The van der Waals surface area contributed by atoms with E-state index >= 15 is 0 Å². The quantitative estimate of drug-likeness (QED) is 0.819. The molecule has 0 bridgehead atoms. The van der Waals surface area contributed by atoms with Crippen LogP contribution < -0.4 is 10.5 Å². The van der Waals surface area contributed by atoms with Gasteiger partial charge in [0.15, 0.2) is 5.52 Å². The maximum absolute atomic E-state index is 12.5. The van der Waals surface area contributed by atoms with Gasteiger partial charge in [-0.05, 0) is 33.6 Å². The molecule has 3 heterocycles. The molecule has 1 saturated carbocycles. The SMILES string of the molecule is CC(C)(C)OC(=O)N1CCN(c2ncc3nc[nH]c(=O)c3n2)CC12CC2. The molecular weight excluding hydrogens is 336 g/mol. The zero-order chi connectivity index (χ0) is 18.5. The summed E-state index contributed by atoms with van der Waals surface area (Å²) in [4.78, 5) is 43.7. The lowest BCUT2D eigenvalue weighted by Crippen LogP contribution is -2.58. The molecule has 0 unspecified atom stereocenters. The van der Waals surface area contributed by atoms with Gasteiger partial charge in [-0.15, -0.1) is 0 Å². The summed E-state index contributed by atoms with van der Waals surface area (Å²) in [7, 11) is 0. The second-order valence-corrected chi connectivity index (χ2v) is 7.91. The van der Waals surface area contributed by atoms with Gasteiger partial charge in [0.1, 0.15) is 11.1 Å². The first-order chi connectivity index (χ1) is 12.3. The van der Waals surface area contributed by atoms with E-state index in [1.54, 1.807) is 6.20 Å². The Hall–Kier alpha value is -2.71. The van der Waals surface area contributed by atoms with Gasteiger partial charge in [-0.2, -0.15) is 0 Å². The lowest BCUT2D eigenvalue weighted by Gasteiger charge is -2.42. The molecule has 1 aliphatic carbocycles. The Balaban J connectivity index is 1.56. The molecule has 1 aliphatic heterocycles. The number of nitrogens with one attached hydrogen (secondary N) is 1. The molecule has 2 fully saturated rings. The highest BCUT2D eigenvalue weighted by molar-refractivity contribution is 5.73. The standard InChI is InChI=1S/C17H22N6O3/c1-16(2,3)26-15(25)23-7-6-22(9-17(23)4-5-17)14-18-8-11-12(21-14)13(24)20-10-19-11/h8,10H,4-7,9H2,1-3H3,(H,19,20,24). The van der Waals surface area contributed by atoms with Crippen LogP contribution in [0.25, 0.3) is 11.0 Å². The average Bonchev–Trinajstić information content (AvgIpc) is 3.32. The largest absolute Gasteiger partial charge is 0.444 e. The maximum Gasteiger partial charge on any atom is 0.410 e. The minimum Gasteiger partial charge on any atom is -0.444 e. The minimum atomic E-state index is -0.514. The fourth-order valence-electron chi connectivity index (χ4n) is 3.33. The number of hydrogen-bond acceptors (Lipinski definition) is 7. The van der Waals surface area contributed by atoms with Gasteiger partial charge < -0.3 is 14.6 Å². The molecular formula is C17H22N6O3. The zero-order valence-corrected chi connectivity index (χ0v) is 15.2. The smallest absolute Gasteiger partial charge is 0.410 e. The number of amides is 1. The van der Waals surface area contributed by atoms with Crippen LogP contribution in [0.4, 0.5) is 10.7 Å². The van der Waals surface area contributed by atoms with E-state index in [1.807, 2.05) is 30.6 Å². The van der Waals surface area contributed by atoms with Crippen molar-refractivity contribution in [2.45, 2.75) is 44.8 Å². The molecule has 138 valence electrons. The number of ether oxygens (including phenoxy) is 1. The number of rotatable bonds is 1. The van der Waals surface area contributed by atoms with Crippen LogP contribution in [0.1, 0.15) is 33.6 Å². The van der Waals surface area contributed by atoms with Gasteiger partial charge in [0.25, 0.3) is 5.56 Å².